The lowest BCUT2D eigenvalue weighted by molar-refractivity contribution is -0.00536. The van der Waals surface area contributed by atoms with Gasteiger partial charge in [-0.25, -0.2) is 0 Å². The lowest BCUT2D eigenvalue weighted by atomic mass is 9.76. The van der Waals surface area contributed by atoms with Crippen molar-refractivity contribution >= 4 is 5.91 Å². The molecule has 3 rings (SSSR count). The Kier molecular flexibility index (Phi) is 5.33. The molecule has 0 unspecified atom stereocenters. The number of nitrogens with zero attached hydrogens (tertiary/aromatic N) is 1. The van der Waals surface area contributed by atoms with E-state index in [4.69, 9.17) is 0 Å². The van der Waals surface area contributed by atoms with Crippen LogP contribution in [0, 0.1) is 5.41 Å². The summed E-state index contributed by atoms with van der Waals surface area (Å²) in [4.78, 5) is 15.4. The van der Waals surface area contributed by atoms with Gasteiger partial charge in [0, 0.05) is 35.2 Å². The maximum Gasteiger partial charge on any atom is 0.253 e. The second-order valence-electron chi connectivity index (χ2n) is 11.0. The second-order valence-corrected chi connectivity index (χ2v) is 11.0. The summed E-state index contributed by atoms with van der Waals surface area (Å²) in [5.74, 6) is 0.326. The van der Waals surface area contributed by atoms with Crippen LogP contribution in [0.3, 0.4) is 0 Å². The third-order valence-electron chi connectivity index (χ3n) is 6.73. The molecule has 2 fully saturated rings. The van der Waals surface area contributed by atoms with Gasteiger partial charge >= 0.3 is 0 Å². The van der Waals surface area contributed by atoms with Crippen LogP contribution in [0.25, 0.3) is 0 Å². The molecular weight excluding hydrogens is 350 g/mol. The highest BCUT2D eigenvalue weighted by atomic mass is 16.3. The van der Waals surface area contributed by atoms with Crippen LogP contribution in [0.5, 0.6) is 5.75 Å². The van der Waals surface area contributed by atoms with Crippen molar-refractivity contribution in [1.29, 1.82) is 0 Å². The molecule has 4 nitrogen and oxygen atoms in total. The highest BCUT2D eigenvalue weighted by Gasteiger charge is 2.45. The van der Waals surface area contributed by atoms with Crippen LogP contribution in [-0.4, -0.2) is 40.2 Å². The lowest BCUT2D eigenvalue weighted by Crippen LogP contribution is -2.49. The molecule has 1 aliphatic carbocycles. The number of aromatic hydroxyl groups is 1. The van der Waals surface area contributed by atoms with Crippen molar-refractivity contribution in [3.63, 3.8) is 0 Å². The predicted molar refractivity (Wildman–Crippen MR) is 113 cm³/mol. The fraction of sp³-hybridized carbons (Fsp3) is 0.708. The summed E-state index contributed by atoms with van der Waals surface area (Å²) >= 11 is 0. The number of carbonyl (C=O) groups excluding carboxylic acids is 1. The number of likely N-dealkylation sites (tertiary alicyclic amines) is 1. The van der Waals surface area contributed by atoms with Crippen molar-refractivity contribution in [2.45, 2.75) is 90.6 Å². The Hall–Kier alpha value is -1.55. The van der Waals surface area contributed by atoms with Gasteiger partial charge in [0.15, 0.2) is 0 Å². The largest absolute Gasteiger partial charge is 0.507 e. The van der Waals surface area contributed by atoms with E-state index < -0.39 is 0 Å². The van der Waals surface area contributed by atoms with E-state index in [-0.39, 0.29) is 28.3 Å². The van der Waals surface area contributed by atoms with Gasteiger partial charge in [-0.05, 0) is 48.6 Å². The Balaban J connectivity index is 1.99. The van der Waals surface area contributed by atoms with Crippen molar-refractivity contribution in [2.75, 3.05) is 13.1 Å². The topological polar surface area (TPSA) is 60.8 Å². The quantitative estimate of drug-likeness (QED) is 0.731. The molecule has 1 amide bonds. The zero-order chi connectivity index (χ0) is 20.9. The molecule has 1 saturated carbocycles. The van der Waals surface area contributed by atoms with Crippen molar-refractivity contribution in [1.82, 2.24) is 4.90 Å². The molecule has 2 aliphatic rings. The van der Waals surface area contributed by atoms with Crippen molar-refractivity contribution in [3.05, 3.63) is 28.8 Å². The third kappa shape index (κ3) is 3.80. The predicted octanol–water partition coefficient (Wildman–Crippen LogP) is 4.75. The minimum Gasteiger partial charge on any atom is -0.507 e. The molecule has 0 aromatic heterocycles. The molecule has 28 heavy (non-hydrogen) atoms. The standard InChI is InChI=1S/C24H37NO3/c1-22(2,3)17-13-16(14-18(20(17)27)23(4,5)6)21(28)25-12-8-11-24(15-25)10-7-9-19(24)26/h13-14,19,26-27H,7-12,15H2,1-6H3/t19-,24-/m1/s1. The van der Waals surface area contributed by atoms with Crippen LogP contribution in [0.15, 0.2) is 12.1 Å². The number of carbonyl (C=O) groups is 1. The summed E-state index contributed by atoms with van der Waals surface area (Å²) in [6, 6.07) is 3.75. The highest BCUT2D eigenvalue weighted by molar-refractivity contribution is 5.95. The molecule has 4 heteroatoms. The Morgan fingerprint density at radius 1 is 1.04 bits per heavy atom. The Labute approximate surface area is 169 Å². The molecule has 1 aromatic carbocycles. The van der Waals surface area contributed by atoms with E-state index in [1.54, 1.807) is 0 Å². The van der Waals surface area contributed by atoms with E-state index in [1.807, 2.05) is 17.0 Å². The van der Waals surface area contributed by atoms with Crippen LogP contribution < -0.4 is 0 Å². The maximum absolute atomic E-state index is 13.5. The molecule has 0 radical (unpaired) electrons. The summed E-state index contributed by atoms with van der Waals surface area (Å²) in [7, 11) is 0. The van der Waals surface area contributed by atoms with Crippen molar-refractivity contribution in [3.8, 4) is 5.75 Å². The Morgan fingerprint density at radius 2 is 1.57 bits per heavy atom. The minimum atomic E-state index is -0.293. The van der Waals surface area contributed by atoms with Gasteiger partial charge in [0.05, 0.1) is 6.10 Å². The number of amides is 1. The zero-order valence-corrected chi connectivity index (χ0v) is 18.4. The van der Waals surface area contributed by atoms with E-state index in [9.17, 15) is 15.0 Å². The molecule has 1 aliphatic heterocycles. The average molecular weight is 388 g/mol. The van der Waals surface area contributed by atoms with Crippen molar-refractivity contribution < 1.29 is 15.0 Å². The molecule has 156 valence electrons. The maximum atomic E-state index is 13.5. The van der Waals surface area contributed by atoms with Gasteiger partial charge in [-0.1, -0.05) is 48.0 Å². The number of piperidine rings is 1. The zero-order valence-electron chi connectivity index (χ0n) is 18.4. The van der Waals surface area contributed by atoms with Crippen LogP contribution in [0.1, 0.15) is 95.1 Å². The normalized spacial score (nSPS) is 26.1. The third-order valence-corrected chi connectivity index (χ3v) is 6.73. The highest BCUT2D eigenvalue weighted by Crippen LogP contribution is 2.46. The number of benzene rings is 1. The summed E-state index contributed by atoms with van der Waals surface area (Å²) in [6.45, 7) is 13.8. The van der Waals surface area contributed by atoms with Crippen LogP contribution in [-0.2, 0) is 10.8 Å². The van der Waals surface area contributed by atoms with E-state index >= 15 is 0 Å². The Morgan fingerprint density at radius 3 is 2.04 bits per heavy atom. The van der Waals surface area contributed by atoms with Crippen LogP contribution in [0.2, 0.25) is 0 Å². The summed E-state index contributed by atoms with van der Waals surface area (Å²) in [5.41, 5.74) is 1.64. The monoisotopic (exact) mass is 387 g/mol. The molecule has 0 bridgehead atoms. The number of hydrogen-bond acceptors (Lipinski definition) is 3. The summed E-state index contributed by atoms with van der Waals surface area (Å²) in [6.07, 6.45) is 4.56. The van der Waals surface area contributed by atoms with E-state index in [0.717, 1.165) is 49.8 Å². The molecule has 2 atom stereocenters. The first kappa shape index (κ1) is 21.2. The lowest BCUT2D eigenvalue weighted by Gasteiger charge is -2.42. The molecule has 1 heterocycles. The summed E-state index contributed by atoms with van der Waals surface area (Å²) < 4.78 is 0. The molecule has 1 saturated heterocycles. The minimum absolute atomic E-state index is 0.0224. The van der Waals surface area contributed by atoms with Crippen LogP contribution >= 0.6 is 0 Å². The fourth-order valence-corrected chi connectivity index (χ4v) is 5.01. The summed E-state index contributed by atoms with van der Waals surface area (Å²) in [5, 5.41) is 21.5. The van der Waals surface area contributed by atoms with Gasteiger partial charge in [-0.2, -0.15) is 0 Å². The average Bonchev–Trinajstić information content (AvgIpc) is 2.92. The molecule has 2 N–H and O–H groups in total. The second kappa shape index (κ2) is 7.05. The first-order chi connectivity index (χ1) is 12.8. The smallest absolute Gasteiger partial charge is 0.253 e. The Bertz CT molecular complexity index is 721. The first-order valence-electron chi connectivity index (χ1n) is 10.7. The number of aliphatic hydroxyl groups excluding tert-OH is 1. The van der Waals surface area contributed by atoms with Gasteiger partial charge in [-0.15, -0.1) is 0 Å². The van der Waals surface area contributed by atoms with E-state index in [0.29, 0.717) is 17.9 Å². The van der Waals surface area contributed by atoms with Gasteiger partial charge in [-0.3, -0.25) is 4.79 Å². The first-order valence-corrected chi connectivity index (χ1v) is 10.7. The number of hydrogen-bond donors (Lipinski definition) is 2. The van der Waals surface area contributed by atoms with Gasteiger partial charge in [0.1, 0.15) is 5.75 Å². The number of aliphatic hydroxyl groups is 1. The van der Waals surface area contributed by atoms with E-state index in [1.165, 1.54) is 0 Å². The molecule has 1 spiro atoms. The van der Waals surface area contributed by atoms with Gasteiger partial charge in [0.25, 0.3) is 5.91 Å². The van der Waals surface area contributed by atoms with Gasteiger partial charge < -0.3 is 15.1 Å². The van der Waals surface area contributed by atoms with E-state index in [2.05, 4.69) is 41.5 Å². The molecular formula is C24H37NO3. The number of phenolic OH excluding ortho intramolecular Hbond substituents is 1. The van der Waals surface area contributed by atoms with Crippen LogP contribution in [0.4, 0.5) is 0 Å². The number of rotatable bonds is 1. The SMILES string of the molecule is CC(C)(C)c1cc(C(=O)N2CCC[C@]3(CCC[C@H]3O)C2)cc(C(C)(C)C)c1O. The number of phenols is 1. The fourth-order valence-electron chi connectivity index (χ4n) is 5.01. The van der Waals surface area contributed by atoms with Crippen molar-refractivity contribution in [2.24, 2.45) is 5.41 Å². The van der Waals surface area contributed by atoms with Gasteiger partial charge in [0.2, 0.25) is 0 Å². The molecule has 1 aromatic rings.